The highest BCUT2D eigenvalue weighted by molar-refractivity contribution is 7.71. The summed E-state index contributed by atoms with van der Waals surface area (Å²) in [6, 6.07) is 11.9. The van der Waals surface area contributed by atoms with Crippen molar-refractivity contribution in [1.29, 1.82) is 0 Å². The van der Waals surface area contributed by atoms with Crippen LogP contribution >= 0.6 is 12.2 Å². The summed E-state index contributed by atoms with van der Waals surface area (Å²) in [4.78, 5) is 0. The second kappa shape index (κ2) is 9.27. The Balaban J connectivity index is 1.84. The third-order valence-electron chi connectivity index (χ3n) is 3.88. The van der Waals surface area contributed by atoms with E-state index >= 15 is 0 Å². The first-order valence-electron chi connectivity index (χ1n) is 8.95. The maximum atomic E-state index is 13.1. The number of aromatic nitrogens is 3. The fourth-order valence-corrected chi connectivity index (χ4v) is 2.81. The van der Waals surface area contributed by atoms with Gasteiger partial charge in [-0.2, -0.15) is 14.9 Å². The molecule has 0 unspecified atom stereocenters. The topological polar surface area (TPSA) is 64.4 Å². The zero-order valence-electron chi connectivity index (χ0n) is 15.7. The van der Waals surface area contributed by atoms with Crippen LogP contribution in [0, 0.1) is 10.6 Å². The van der Waals surface area contributed by atoms with Crippen molar-refractivity contribution in [2.75, 3.05) is 13.2 Å². The number of nitrogens with zero attached hydrogens (tertiary/aromatic N) is 3. The molecule has 0 bridgehead atoms. The molecule has 0 atom stereocenters. The Labute approximate surface area is 167 Å². The van der Waals surface area contributed by atoms with Crippen molar-refractivity contribution < 1.29 is 13.9 Å². The average molecular weight is 400 g/mol. The van der Waals surface area contributed by atoms with Crippen molar-refractivity contribution in [2.24, 2.45) is 5.10 Å². The van der Waals surface area contributed by atoms with Gasteiger partial charge < -0.3 is 9.47 Å². The van der Waals surface area contributed by atoms with E-state index < -0.39 is 0 Å². The minimum absolute atomic E-state index is 0.277. The lowest BCUT2D eigenvalue weighted by Gasteiger charge is -2.11. The largest absolute Gasteiger partial charge is 0.490 e. The van der Waals surface area contributed by atoms with Gasteiger partial charge in [0.2, 0.25) is 4.77 Å². The molecule has 0 saturated heterocycles. The Morgan fingerprint density at radius 3 is 2.54 bits per heavy atom. The second-order valence-electron chi connectivity index (χ2n) is 5.88. The smallest absolute Gasteiger partial charge is 0.216 e. The summed E-state index contributed by atoms with van der Waals surface area (Å²) in [7, 11) is 0. The van der Waals surface area contributed by atoms with Gasteiger partial charge >= 0.3 is 0 Å². The predicted molar refractivity (Wildman–Crippen MR) is 108 cm³/mol. The molecule has 0 spiro atoms. The quantitative estimate of drug-likeness (QED) is 0.451. The van der Waals surface area contributed by atoms with Crippen molar-refractivity contribution in [1.82, 2.24) is 14.9 Å². The molecule has 146 valence electrons. The van der Waals surface area contributed by atoms with Crippen LogP contribution in [0.5, 0.6) is 11.5 Å². The van der Waals surface area contributed by atoms with E-state index in [1.807, 2.05) is 32.0 Å². The van der Waals surface area contributed by atoms with E-state index in [0.29, 0.717) is 41.7 Å². The first-order valence-corrected chi connectivity index (χ1v) is 9.36. The van der Waals surface area contributed by atoms with Crippen molar-refractivity contribution in [3.8, 4) is 11.5 Å². The number of nitrogens with one attached hydrogen (secondary N) is 1. The molecule has 0 saturated carbocycles. The summed E-state index contributed by atoms with van der Waals surface area (Å²) in [6.45, 7) is 4.94. The molecule has 2 aromatic carbocycles. The summed E-state index contributed by atoms with van der Waals surface area (Å²) in [5.41, 5.74) is 1.74. The second-order valence-corrected chi connectivity index (χ2v) is 6.26. The SMILES string of the molecule is CCOc1ccc(/C=N\n2c(Cc3ccc(F)cc3)n[nH]c2=S)cc1OCC. The fraction of sp³-hybridized carbons (Fsp3) is 0.250. The highest BCUT2D eigenvalue weighted by Crippen LogP contribution is 2.28. The lowest BCUT2D eigenvalue weighted by atomic mass is 10.1. The zero-order valence-corrected chi connectivity index (χ0v) is 16.5. The number of aromatic amines is 1. The van der Waals surface area contributed by atoms with Crippen LogP contribution in [0.4, 0.5) is 4.39 Å². The zero-order chi connectivity index (χ0) is 19.9. The Hall–Kier alpha value is -3.00. The molecule has 8 heteroatoms. The molecular formula is C20H21FN4O2S. The fourth-order valence-electron chi connectivity index (χ4n) is 2.62. The van der Waals surface area contributed by atoms with Gasteiger partial charge in [0.15, 0.2) is 17.3 Å². The molecule has 0 amide bonds. The predicted octanol–water partition coefficient (Wildman–Crippen LogP) is 4.35. The molecule has 0 radical (unpaired) electrons. The maximum Gasteiger partial charge on any atom is 0.216 e. The lowest BCUT2D eigenvalue weighted by molar-refractivity contribution is 0.288. The number of H-pyrrole nitrogens is 1. The molecule has 0 aliphatic heterocycles. The van der Waals surface area contributed by atoms with E-state index in [0.717, 1.165) is 11.1 Å². The molecule has 1 aromatic heterocycles. The molecule has 3 rings (SSSR count). The van der Waals surface area contributed by atoms with Crippen LogP contribution in [-0.2, 0) is 6.42 Å². The van der Waals surface area contributed by atoms with E-state index in [4.69, 9.17) is 21.7 Å². The van der Waals surface area contributed by atoms with Crippen LogP contribution in [-0.4, -0.2) is 34.3 Å². The first kappa shape index (κ1) is 19.8. The summed E-state index contributed by atoms with van der Waals surface area (Å²) in [6.07, 6.45) is 2.15. The van der Waals surface area contributed by atoms with Gasteiger partial charge in [-0.05, 0) is 67.5 Å². The number of halogens is 1. The highest BCUT2D eigenvalue weighted by atomic mass is 32.1. The van der Waals surface area contributed by atoms with Gasteiger partial charge in [0.25, 0.3) is 0 Å². The Morgan fingerprint density at radius 1 is 1.11 bits per heavy atom. The molecule has 6 nitrogen and oxygen atoms in total. The molecule has 0 aliphatic rings. The number of benzene rings is 2. The van der Waals surface area contributed by atoms with Crippen molar-refractivity contribution in [2.45, 2.75) is 20.3 Å². The van der Waals surface area contributed by atoms with Crippen molar-refractivity contribution >= 4 is 18.4 Å². The average Bonchev–Trinajstić information content (AvgIpc) is 3.03. The monoisotopic (exact) mass is 400 g/mol. The van der Waals surface area contributed by atoms with Crippen molar-refractivity contribution in [3.05, 3.63) is 70.0 Å². The number of hydrogen-bond donors (Lipinski definition) is 1. The van der Waals surface area contributed by atoms with E-state index in [9.17, 15) is 4.39 Å². The molecule has 28 heavy (non-hydrogen) atoms. The van der Waals surface area contributed by atoms with Crippen LogP contribution in [0.3, 0.4) is 0 Å². The minimum atomic E-state index is -0.277. The summed E-state index contributed by atoms with van der Waals surface area (Å²) < 4.78 is 26.2. The molecule has 3 aromatic rings. The van der Waals surface area contributed by atoms with E-state index in [1.54, 1.807) is 23.0 Å². The third kappa shape index (κ3) is 4.83. The maximum absolute atomic E-state index is 13.1. The first-order chi connectivity index (χ1) is 13.6. The van der Waals surface area contributed by atoms with Gasteiger partial charge in [-0.1, -0.05) is 12.1 Å². The Bertz CT molecular complexity index is 1010. The third-order valence-corrected chi connectivity index (χ3v) is 4.15. The van der Waals surface area contributed by atoms with E-state index in [1.165, 1.54) is 12.1 Å². The van der Waals surface area contributed by atoms with Crippen LogP contribution in [0.2, 0.25) is 0 Å². The van der Waals surface area contributed by atoms with Crippen LogP contribution in [0.25, 0.3) is 0 Å². The van der Waals surface area contributed by atoms with Crippen molar-refractivity contribution in [3.63, 3.8) is 0 Å². The van der Waals surface area contributed by atoms with Gasteiger partial charge in [0.1, 0.15) is 5.82 Å². The van der Waals surface area contributed by atoms with E-state index in [-0.39, 0.29) is 5.82 Å². The minimum Gasteiger partial charge on any atom is -0.490 e. The normalized spacial score (nSPS) is 11.1. The summed E-state index contributed by atoms with van der Waals surface area (Å²) in [5.74, 6) is 1.71. The molecular weight excluding hydrogens is 379 g/mol. The van der Waals surface area contributed by atoms with Crippen LogP contribution in [0.15, 0.2) is 47.6 Å². The van der Waals surface area contributed by atoms with Gasteiger partial charge in [0, 0.05) is 6.42 Å². The molecule has 1 heterocycles. The van der Waals surface area contributed by atoms with Gasteiger partial charge in [-0.25, -0.2) is 4.39 Å². The van der Waals surface area contributed by atoms with Crippen LogP contribution in [0.1, 0.15) is 30.8 Å². The van der Waals surface area contributed by atoms with Gasteiger partial charge in [-0.15, -0.1) is 0 Å². The Morgan fingerprint density at radius 2 is 1.82 bits per heavy atom. The number of rotatable bonds is 8. The van der Waals surface area contributed by atoms with Crippen LogP contribution < -0.4 is 9.47 Å². The molecule has 0 aliphatic carbocycles. The Kier molecular flexibility index (Phi) is 6.54. The summed E-state index contributed by atoms with van der Waals surface area (Å²) >= 11 is 5.27. The number of hydrogen-bond acceptors (Lipinski definition) is 5. The number of ether oxygens (including phenoxy) is 2. The highest BCUT2D eigenvalue weighted by Gasteiger charge is 2.08. The van der Waals surface area contributed by atoms with E-state index in [2.05, 4.69) is 15.3 Å². The van der Waals surface area contributed by atoms with Gasteiger partial charge in [-0.3, -0.25) is 5.10 Å². The lowest BCUT2D eigenvalue weighted by Crippen LogP contribution is -2.01. The van der Waals surface area contributed by atoms with Gasteiger partial charge in [0.05, 0.1) is 19.4 Å². The molecule has 0 fully saturated rings. The summed E-state index contributed by atoms with van der Waals surface area (Å²) in [5, 5.41) is 11.4. The standard InChI is InChI=1S/C20H21FN4O2S/c1-3-26-17-10-7-15(11-18(17)27-4-2)13-22-25-19(23-24-20(25)28)12-14-5-8-16(21)9-6-14/h5-11,13H,3-4,12H2,1-2H3,(H,24,28)/b22-13-. The molecule has 1 N–H and O–H groups in total.